The Kier molecular flexibility index (Phi) is 12.0. The molecule has 13 heteroatoms. The minimum atomic E-state index is -0.960. The molecule has 5 heterocycles. The molecule has 57 heavy (non-hydrogen) atoms. The number of amides is 2. The molecule has 3 N–H and O–H groups in total. The normalized spacial score (nSPS) is 21.8. The van der Waals surface area contributed by atoms with Crippen LogP contribution in [0.4, 0.5) is 0 Å². The zero-order valence-corrected chi connectivity index (χ0v) is 34.0. The second-order valence-electron chi connectivity index (χ2n) is 16.7. The molecule has 2 fully saturated rings. The summed E-state index contributed by atoms with van der Waals surface area (Å²) >= 11 is 0. The first-order valence-corrected chi connectivity index (χ1v) is 20.4. The molecule has 6 bridgehead atoms. The summed E-state index contributed by atoms with van der Waals surface area (Å²) in [7, 11) is 1.68. The molecule has 7 rings (SSSR count). The average molecular weight is 782 g/mol. The van der Waals surface area contributed by atoms with Crippen LogP contribution in [0, 0.1) is 22.2 Å². The fraction of sp³-hybridized carbons (Fsp3) is 0.523. The summed E-state index contributed by atoms with van der Waals surface area (Å²) < 4.78 is 13.6. The summed E-state index contributed by atoms with van der Waals surface area (Å²) in [5.74, 6) is -0.694. The molecule has 3 aliphatic heterocycles. The van der Waals surface area contributed by atoms with E-state index in [0.717, 1.165) is 57.4 Å². The molecule has 3 aliphatic rings. The van der Waals surface area contributed by atoms with E-state index in [4.69, 9.17) is 19.3 Å². The zero-order valence-electron chi connectivity index (χ0n) is 34.0. The average Bonchev–Trinajstić information content (AvgIpc) is 3.52. The van der Waals surface area contributed by atoms with Gasteiger partial charge in [-0.25, -0.2) is 4.84 Å². The van der Waals surface area contributed by atoms with E-state index < -0.39 is 17.6 Å². The van der Waals surface area contributed by atoms with Crippen LogP contribution in [0.3, 0.4) is 0 Å². The highest BCUT2D eigenvalue weighted by molar-refractivity contribution is 5.95. The van der Waals surface area contributed by atoms with Crippen LogP contribution in [0.5, 0.6) is 5.75 Å². The molecule has 4 aromatic rings. The van der Waals surface area contributed by atoms with Crippen molar-refractivity contribution in [3.05, 3.63) is 76.5 Å². The van der Waals surface area contributed by atoms with Crippen molar-refractivity contribution in [1.82, 2.24) is 25.3 Å². The summed E-state index contributed by atoms with van der Waals surface area (Å²) in [6.45, 7) is 12.6. The van der Waals surface area contributed by atoms with Crippen molar-refractivity contribution in [2.24, 2.45) is 17.3 Å². The number of pyridine rings is 1. The van der Waals surface area contributed by atoms with Gasteiger partial charge in [-0.2, -0.15) is 5.43 Å². The fourth-order valence-electron chi connectivity index (χ4n) is 8.72. The van der Waals surface area contributed by atoms with E-state index in [0.29, 0.717) is 56.1 Å². The number of ether oxygens (including phenoxy) is 2. The number of nitrogens with zero attached hydrogens (tertiary/aromatic N) is 4. The number of methoxy groups -OCH3 is 1. The van der Waals surface area contributed by atoms with Crippen LogP contribution in [0.15, 0.2) is 54.7 Å². The minimum Gasteiger partial charge on any atom is -0.508 e. The van der Waals surface area contributed by atoms with Gasteiger partial charge in [-0.3, -0.25) is 19.6 Å². The van der Waals surface area contributed by atoms with E-state index in [1.165, 1.54) is 5.01 Å². The molecule has 2 saturated heterocycles. The van der Waals surface area contributed by atoms with Gasteiger partial charge in [-0.1, -0.05) is 32.9 Å². The second kappa shape index (κ2) is 16.9. The number of nitrogens with one attached hydrogen (secondary N) is 2. The number of carbonyl (C=O) groups is 2. The zero-order chi connectivity index (χ0) is 40.4. The maximum Gasteiger partial charge on any atom is 0.326 e. The number of carbonyl (C=O) groups excluding carboxylic acids is 2. The van der Waals surface area contributed by atoms with Crippen LogP contribution in [-0.2, 0) is 43.3 Å². The van der Waals surface area contributed by atoms with Gasteiger partial charge in [0, 0.05) is 80.3 Å². The number of phenolic OH excluding ortho intramolecular Hbond substituents is 1. The van der Waals surface area contributed by atoms with Crippen LogP contribution in [0.1, 0.15) is 83.2 Å². The Bertz CT molecular complexity index is 2130. The van der Waals surface area contributed by atoms with Crippen molar-refractivity contribution >= 4 is 22.7 Å². The Labute approximate surface area is 334 Å². The van der Waals surface area contributed by atoms with E-state index in [9.17, 15) is 19.6 Å². The molecule has 0 spiro atoms. The molecular weight excluding hydrogens is 725 g/mol. The minimum absolute atomic E-state index is 0.0575. The molecule has 304 valence electrons. The van der Waals surface area contributed by atoms with Crippen molar-refractivity contribution < 1.29 is 33.9 Å². The summed E-state index contributed by atoms with van der Waals surface area (Å²) in [4.78, 5) is 53.2. The highest BCUT2D eigenvalue weighted by Crippen LogP contribution is 2.42. The number of rotatable bonds is 7. The quantitative estimate of drug-likeness (QED) is 0.188. The summed E-state index contributed by atoms with van der Waals surface area (Å²) in [6.07, 6.45) is 4.02. The van der Waals surface area contributed by atoms with E-state index in [-0.39, 0.29) is 48.5 Å². The Morgan fingerprint density at radius 3 is 2.67 bits per heavy atom. The van der Waals surface area contributed by atoms with Crippen LogP contribution < -0.4 is 10.7 Å². The van der Waals surface area contributed by atoms with Crippen LogP contribution in [0.25, 0.3) is 33.3 Å². The first-order valence-electron chi connectivity index (χ1n) is 20.4. The van der Waals surface area contributed by atoms with Gasteiger partial charge < -0.3 is 24.5 Å². The predicted molar refractivity (Wildman–Crippen MR) is 217 cm³/mol. The lowest BCUT2D eigenvalue weighted by atomic mass is 9.84. The number of aromatic hydroxyl groups is 1. The van der Waals surface area contributed by atoms with Gasteiger partial charge in [-0.15, -0.1) is 0 Å². The number of benzene rings is 2. The summed E-state index contributed by atoms with van der Waals surface area (Å²) in [5.41, 5.74) is 9.93. The third-order valence-electron chi connectivity index (χ3n) is 12.0. The molecule has 13 nitrogen and oxygen atoms in total. The van der Waals surface area contributed by atoms with Crippen LogP contribution in [0.2, 0.25) is 0 Å². The monoisotopic (exact) mass is 781 g/mol. The molecule has 2 aromatic carbocycles. The molecule has 4 atom stereocenters. The first-order chi connectivity index (χ1) is 27.4. The Morgan fingerprint density at radius 1 is 1.12 bits per heavy atom. The van der Waals surface area contributed by atoms with E-state index in [1.807, 2.05) is 26.0 Å². The topological polar surface area (TPSA) is 147 Å². The lowest BCUT2D eigenvalue weighted by molar-refractivity contribution is -0.835. The number of fused-ring (bicyclic) bond motifs is 6. The lowest BCUT2D eigenvalue weighted by Gasteiger charge is -2.33. The van der Waals surface area contributed by atoms with Crippen molar-refractivity contribution in [3.8, 4) is 28.1 Å². The van der Waals surface area contributed by atoms with Gasteiger partial charge >= 0.3 is 6.17 Å². The molecule has 1 unspecified atom stereocenters. The molecular formula is C44H57N6O7+. The number of aryl methyl sites for hydroxylation is 1. The van der Waals surface area contributed by atoms with E-state index in [2.05, 4.69) is 60.3 Å². The van der Waals surface area contributed by atoms with Gasteiger partial charge in [0.05, 0.1) is 22.4 Å². The molecule has 0 saturated carbocycles. The summed E-state index contributed by atoms with van der Waals surface area (Å²) in [5, 5.41) is 16.7. The Hall–Kier alpha value is -4.85. The fourth-order valence-corrected chi connectivity index (χ4v) is 8.72. The highest BCUT2D eigenvalue weighted by Gasteiger charge is 2.40. The van der Waals surface area contributed by atoms with Gasteiger partial charge in [0.15, 0.2) is 6.61 Å². The number of hydrogen-bond acceptors (Lipinski definition) is 9. The maximum absolute atomic E-state index is 14.4. The van der Waals surface area contributed by atoms with E-state index >= 15 is 0 Å². The lowest BCUT2D eigenvalue weighted by Crippen LogP contribution is -2.61. The van der Waals surface area contributed by atoms with Gasteiger partial charge in [0.1, 0.15) is 11.8 Å². The number of phenols is 1. The number of aromatic nitrogens is 2. The highest BCUT2D eigenvalue weighted by atomic mass is 16.8. The molecule has 2 aromatic heterocycles. The predicted octanol–water partition coefficient (Wildman–Crippen LogP) is 6.64. The van der Waals surface area contributed by atoms with E-state index in [1.54, 1.807) is 25.4 Å². The summed E-state index contributed by atoms with van der Waals surface area (Å²) in [6, 6.07) is 14.8. The third-order valence-corrected chi connectivity index (χ3v) is 12.0. The third kappa shape index (κ3) is 8.56. The van der Waals surface area contributed by atoms with Crippen molar-refractivity contribution in [2.45, 2.75) is 98.0 Å². The first kappa shape index (κ1) is 40.4. The van der Waals surface area contributed by atoms with Crippen molar-refractivity contribution in [2.75, 3.05) is 33.5 Å². The number of hydrazine groups is 1. The molecule has 0 aliphatic carbocycles. The Balaban J connectivity index is 1.36. The Morgan fingerprint density at radius 2 is 1.91 bits per heavy atom. The van der Waals surface area contributed by atoms with Gasteiger partial charge in [0.2, 0.25) is 10.8 Å². The SMILES string of the molecule is CCn1c(-c2cccnc2[C@H](C)OC)c2c3cc(ccc31)-c1cc(O)cc(c1)C[C@H](NC(=O)C(C)C1CCOCC1)C(=O)N1CCC[C@H](N1)[N+](=O)OCC(C)(C)C2. The van der Waals surface area contributed by atoms with Crippen molar-refractivity contribution in [1.29, 1.82) is 0 Å². The van der Waals surface area contributed by atoms with Crippen molar-refractivity contribution in [3.63, 3.8) is 0 Å². The molecule has 0 radical (unpaired) electrons. The second-order valence-corrected chi connectivity index (χ2v) is 16.7. The van der Waals surface area contributed by atoms with Crippen LogP contribution in [-0.4, -0.2) is 82.1 Å². The maximum atomic E-state index is 14.4. The smallest absolute Gasteiger partial charge is 0.326 e. The standard InChI is InChI=1S/C44H56N6O7/c1-7-48-38-13-12-31-24-35(38)36(41(48)34-10-8-16-45-40(34)28(3)55-6)25-44(4,5)26-57-50(54)39-11-9-17-49(47-39)43(53)37(22-29-20-32(31)23-33(51)21-29)46-42(52)27(2)30-14-18-56-19-15-30/h8,10,12-13,16,20-21,23-24,27-28,30,37,39,47H,7,9,11,14-15,17-19,22,25-26H2,1-6H3,(H-,46,51,52)/p+1/t27?,28-,37-,39+/m0/s1. The van der Waals surface area contributed by atoms with Crippen LogP contribution >= 0.6 is 0 Å². The largest absolute Gasteiger partial charge is 0.508 e. The van der Waals surface area contributed by atoms with Gasteiger partial charge in [0.25, 0.3) is 5.91 Å². The number of hydrogen-bond donors (Lipinski definition) is 3. The molecule has 2 amide bonds. The van der Waals surface area contributed by atoms with Gasteiger partial charge in [-0.05, 0) is 104 Å².